The van der Waals surface area contributed by atoms with Crippen LogP contribution in [0.4, 0.5) is 0 Å². The highest BCUT2D eigenvalue weighted by Gasteiger charge is 2.23. The van der Waals surface area contributed by atoms with Gasteiger partial charge in [-0.1, -0.05) is 0 Å². The van der Waals surface area contributed by atoms with Gasteiger partial charge in [0.25, 0.3) is 5.91 Å². The van der Waals surface area contributed by atoms with E-state index in [1.165, 1.54) is 13.8 Å². The molecule has 0 atom stereocenters. The molecular weight excluding hydrogens is 234 g/mol. The minimum absolute atomic E-state index is 0.288. The highest BCUT2D eigenvalue weighted by Crippen LogP contribution is 2.24. The van der Waals surface area contributed by atoms with Crippen molar-refractivity contribution in [3.8, 4) is 11.5 Å². The zero-order valence-corrected chi connectivity index (χ0v) is 11.1. The second-order valence-electron chi connectivity index (χ2n) is 4.42. The van der Waals surface area contributed by atoms with Crippen molar-refractivity contribution in [1.82, 2.24) is 5.32 Å². The normalized spacial score (nSPS) is 10.9. The van der Waals surface area contributed by atoms with E-state index < -0.39 is 11.5 Å². The molecule has 0 aromatic heterocycles. The number of ether oxygens (including phenoxy) is 2. The Hall–Kier alpha value is -1.75. The van der Waals surface area contributed by atoms with E-state index in [1.807, 2.05) is 6.07 Å². The van der Waals surface area contributed by atoms with E-state index in [-0.39, 0.29) is 6.54 Å². The lowest BCUT2D eigenvalue weighted by Crippen LogP contribution is -2.41. The third kappa shape index (κ3) is 3.63. The van der Waals surface area contributed by atoms with Crippen LogP contribution in [0.2, 0.25) is 0 Å². The van der Waals surface area contributed by atoms with Gasteiger partial charge in [0.2, 0.25) is 0 Å². The van der Waals surface area contributed by atoms with Crippen LogP contribution in [0.3, 0.4) is 0 Å². The molecule has 0 saturated carbocycles. The number of aliphatic hydroxyl groups is 1. The largest absolute Gasteiger partial charge is 0.497 e. The first-order chi connectivity index (χ1) is 8.38. The molecule has 0 radical (unpaired) electrons. The summed E-state index contributed by atoms with van der Waals surface area (Å²) in [5.74, 6) is 0.884. The van der Waals surface area contributed by atoms with Crippen LogP contribution in [0.25, 0.3) is 0 Å². The molecule has 0 unspecified atom stereocenters. The van der Waals surface area contributed by atoms with E-state index in [2.05, 4.69) is 5.32 Å². The number of rotatable bonds is 5. The van der Waals surface area contributed by atoms with Crippen molar-refractivity contribution in [2.24, 2.45) is 0 Å². The topological polar surface area (TPSA) is 67.8 Å². The molecule has 0 fully saturated rings. The van der Waals surface area contributed by atoms with Crippen LogP contribution < -0.4 is 14.8 Å². The van der Waals surface area contributed by atoms with Crippen LogP contribution in [0.15, 0.2) is 18.2 Å². The van der Waals surface area contributed by atoms with Gasteiger partial charge in [0.05, 0.1) is 14.2 Å². The number of hydrogen-bond donors (Lipinski definition) is 2. The van der Waals surface area contributed by atoms with E-state index >= 15 is 0 Å². The highest BCUT2D eigenvalue weighted by molar-refractivity contribution is 5.83. The van der Waals surface area contributed by atoms with E-state index in [4.69, 9.17) is 9.47 Å². The monoisotopic (exact) mass is 253 g/mol. The first-order valence-corrected chi connectivity index (χ1v) is 5.60. The van der Waals surface area contributed by atoms with Crippen LogP contribution in [0.5, 0.6) is 11.5 Å². The standard InChI is InChI=1S/C13H19NO4/c1-13(2,16)12(15)14-8-9-5-6-10(17-3)7-11(9)18-4/h5-7,16H,8H2,1-4H3,(H,14,15). The molecule has 0 aliphatic carbocycles. The van der Waals surface area contributed by atoms with Crippen LogP contribution in [-0.2, 0) is 11.3 Å². The predicted octanol–water partition coefficient (Wildman–Crippen LogP) is 1.09. The number of benzene rings is 1. The molecule has 100 valence electrons. The second-order valence-corrected chi connectivity index (χ2v) is 4.42. The third-order valence-electron chi connectivity index (χ3n) is 2.49. The van der Waals surface area contributed by atoms with Gasteiger partial charge in [-0.05, 0) is 26.0 Å². The van der Waals surface area contributed by atoms with Crippen LogP contribution in [-0.4, -0.2) is 30.8 Å². The summed E-state index contributed by atoms with van der Waals surface area (Å²) in [6, 6.07) is 5.34. The quantitative estimate of drug-likeness (QED) is 0.824. The van der Waals surface area contributed by atoms with E-state index in [1.54, 1.807) is 26.4 Å². The van der Waals surface area contributed by atoms with Gasteiger partial charge in [0, 0.05) is 18.2 Å². The van der Waals surface area contributed by atoms with Crippen molar-refractivity contribution in [2.45, 2.75) is 26.0 Å². The van der Waals surface area contributed by atoms with Gasteiger partial charge in [-0.25, -0.2) is 0 Å². The first-order valence-electron chi connectivity index (χ1n) is 5.60. The molecule has 0 heterocycles. The summed E-state index contributed by atoms with van der Waals surface area (Å²) in [6.07, 6.45) is 0. The molecule has 0 aliphatic heterocycles. The fourth-order valence-electron chi connectivity index (χ4n) is 1.39. The Morgan fingerprint density at radius 2 is 2.00 bits per heavy atom. The Labute approximate surface area is 107 Å². The van der Waals surface area contributed by atoms with Crippen LogP contribution in [0.1, 0.15) is 19.4 Å². The summed E-state index contributed by atoms with van der Waals surface area (Å²) in [7, 11) is 3.13. The minimum Gasteiger partial charge on any atom is -0.497 e. The van der Waals surface area contributed by atoms with Crippen LogP contribution in [0, 0.1) is 0 Å². The minimum atomic E-state index is -1.39. The number of carbonyl (C=O) groups excluding carboxylic acids is 1. The van der Waals surface area contributed by atoms with Gasteiger partial charge in [0.15, 0.2) is 0 Å². The summed E-state index contributed by atoms with van der Waals surface area (Å²) < 4.78 is 10.3. The summed E-state index contributed by atoms with van der Waals surface area (Å²) in [5, 5.41) is 12.2. The molecular formula is C13H19NO4. The van der Waals surface area contributed by atoms with Crippen molar-refractivity contribution in [1.29, 1.82) is 0 Å². The molecule has 0 saturated heterocycles. The highest BCUT2D eigenvalue weighted by atomic mass is 16.5. The Kier molecular flexibility index (Phi) is 4.55. The molecule has 1 amide bonds. The molecule has 1 aromatic carbocycles. The van der Waals surface area contributed by atoms with E-state index in [0.717, 1.165) is 5.56 Å². The summed E-state index contributed by atoms with van der Waals surface area (Å²) in [6.45, 7) is 3.16. The van der Waals surface area contributed by atoms with Gasteiger partial charge in [-0.15, -0.1) is 0 Å². The second kappa shape index (κ2) is 5.73. The fourth-order valence-corrected chi connectivity index (χ4v) is 1.39. The molecule has 1 aromatic rings. The summed E-state index contributed by atoms with van der Waals surface area (Å²) >= 11 is 0. The van der Waals surface area contributed by atoms with Gasteiger partial charge in [-0.3, -0.25) is 4.79 Å². The zero-order chi connectivity index (χ0) is 13.8. The first kappa shape index (κ1) is 14.3. The van der Waals surface area contributed by atoms with Gasteiger partial charge < -0.3 is 19.9 Å². The average Bonchev–Trinajstić information content (AvgIpc) is 2.34. The van der Waals surface area contributed by atoms with Crippen LogP contribution >= 0.6 is 0 Å². The van der Waals surface area contributed by atoms with Gasteiger partial charge in [-0.2, -0.15) is 0 Å². The Bertz CT molecular complexity index is 423. The molecule has 18 heavy (non-hydrogen) atoms. The maximum Gasteiger partial charge on any atom is 0.251 e. The molecule has 1 rings (SSSR count). The molecule has 0 bridgehead atoms. The van der Waals surface area contributed by atoms with Crippen molar-refractivity contribution in [2.75, 3.05) is 14.2 Å². The third-order valence-corrected chi connectivity index (χ3v) is 2.49. The van der Waals surface area contributed by atoms with Gasteiger partial charge >= 0.3 is 0 Å². The maximum absolute atomic E-state index is 11.5. The molecule has 5 nitrogen and oxygen atoms in total. The molecule has 0 spiro atoms. The van der Waals surface area contributed by atoms with Crippen molar-refractivity contribution >= 4 is 5.91 Å². The Morgan fingerprint density at radius 3 is 2.50 bits per heavy atom. The Morgan fingerprint density at radius 1 is 1.33 bits per heavy atom. The lowest BCUT2D eigenvalue weighted by Gasteiger charge is -2.17. The number of carbonyl (C=O) groups is 1. The van der Waals surface area contributed by atoms with Crippen molar-refractivity contribution < 1.29 is 19.4 Å². The molecule has 0 aliphatic rings. The summed E-state index contributed by atoms with van der Waals surface area (Å²) in [4.78, 5) is 11.5. The lowest BCUT2D eigenvalue weighted by atomic mass is 10.1. The zero-order valence-electron chi connectivity index (χ0n) is 11.1. The number of hydrogen-bond acceptors (Lipinski definition) is 4. The number of nitrogens with one attached hydrogen (secondary N) is 1. The predicted molar refractivity (Wildman–Crippen MR) is 67.7 cm³/mol. The van der Waals surface area contributed by atoms with Crippen molar-refractivity contribution in [3.63, 3.8) is 0 Å². The SMILES string of the molecule is COc1ccc(CNC(=O)C(C)(C)O)c(OC)c1. The smallest absolute Gasteiger partial charge is 0.251 e. The van der Waals surface area contributed by atoms with Crippen molar-refractivity contribution in [3.05, 3.63) is 23.8 Å². The van der Waals surface area contributed by atoms with E-state index in [9.17, 15) is 9.90 Å². The lowest BCUT2D eigenvalue weighted by molar-refractivity contribution is -0.136. The Balaban J connectivity index is 2.76. The molecule has 2 N–H and O–H groups in total. The maximum atomic E-state index is 11.5. The number of methoxy groups -OCH3 is 2. The average molecular weight is 253 g/mol. The molecule has 5 heteroatoms. The fraction of sp³-hybridized carbons (Fsp3) is 0.462. The van der Waals surface area contributed by atoms with E-state index in [0.29, 0.717) is 11.5 Å². The van der Waals surface area contributed by atoms with Gasteiger partial charge in [0.1, 0.15) is 17.1 Å². The number of amides is 1. The summed E-state index contributed by atoms with van der Waals surface area (Å²) in [5.41, 5.74) is -0.574.